The average molecular weight is 247 g/mol. The van der Waals surface area contributed by atoms with Gasteiger partial charge in [0.15, 0.2) is 0 Å². The Labute approximate surface area is 106 Å². The predicted octanol–water partition coefficient (Wildman–Crippen LogP) is 3.74. The fourth-order valence-corrected chi connectivity index (χ4v) is 2.73. The molecule has 1 aromatic heterocycles. The molecule has 18 heavy (non-hydrogen) atoms. The van der Waals surface area contributed by atoms with Gasteiger partial charge in [-0.25, -0.2) is 4.39 Å². The second kappa shape index (κ2) is 5.11. The summed E-state index contributed by atoms with van der Waals surface area (Å²) in [5.41, 5.74) is 1.11. The molecule has 1 aliphatic heterocycles. The number of nitrogens with zero attached hydrogens (tertiary/aromatic N) is 1. The standard InChI is InChI=1S/C15H18FNO/c16-13-5-6-15-12(11-13)7-9-17(15)8-1-3-14-4-2-10-18-14/h5-7,9,11,14H,1-4,8,10H2. The largest absolute Gasteiger partial charge is 0.378 e. The molecule has 1 unspecified atom stereocenters. The minimum atomic E-state index is -0.167. The van der Waals surface area contributed by atoms with Gasteiger partial charge in [-0.3, -0.25) is 0 Å². The summed E-state index contributed by atoms with van der Waals surface area (Å²) >= 11 is 0. The van der Waals surface area contributed by atoms with Crippen molar-refractivity contribution in [1.82, 2.24) is 4.57 Å². The van der Waals surface area contributed by atoms with E-state index in [-0.39, 0.29) is 5.82 Å². The zero-order chi connectivity index (χ0) is 12.4. The smallest absolute Gasteiger partial charge is 0.123 e. The van der Waals surface area contributed by atoms with Crippen LogP contribution in [0.25, 0.3) is 10.9 Å². The van der Waals surface area contributed by atoms with Crippen LogP contribution in [0.3, 0.4) is 0 Å². The molecule has 0 aliphatic carbocycles. The molecule has 0 amide bonds. The number of benzene rings is 1. The van der Waals surface area contributed by atoms with Crippen LogP contribution in [0.15, 0.2) is 30.5 Å². The van der Waals surface area contributed by atoms with Gasteiger partial charge in [0.1, 0.15) is 5.82 Å². The topological polar surface area (TPSA) is 14.2 Å². The first-order chi connectivity index (χ1) is 8.83. The third-order valence-corrected chi connectivity index (χ3v) is 3.68. The quantitative estimate of drug-likeness (QED) is 0.802. The zero-order valence-corrected chi connectivity index (χ0v) is 10.4. The zero-order valence-electron chi connectivity index (χ0n) is 10.4. The molecule has 1 aliphatic rings. The Kier molecular flexibility index (Phi) is 3.33. The summed E-state index contributed by atoms with van der Waals surface area (Å²) in [6.45, 7) is 1.91. The van der Waals surface area contributed by atoms with E-state index >= 15 is 0 Å². The summed E-state index contributed by atoms with van der Waals surface area (Å²) in [7, 11) is 0. The van der Waals surface area contributed by atoms with E-state index < -0.39 is 0 Å². The number of halogens is 1. The Morgan fingerprint density at radius 2 is 2.28 bits per heavy atom. The van der Waals surface area contributed by atoms with Crippen molar-refractivity contribution in [1.29, 1.82) is 0 Å². The van der Waals surface area contributed by atoms with E-state index in [1.165, 1.54) is 18.9 Å². The van der Waals surface area contributed by atoms with E-state index in [4.69, 9.17) is 4.74 Å². The number of aryl methyl sites for hydroxylation is 1. The lowest BCUT2D eigenvalue weighted by molar-refractivity contribution is 0.101. The lowest BCUT2D eigenvalue weighted by Crippen LogP contribution is -2.06. The molecule has 0 N–H and O–H groups in total. The van der Waals surface area contributed by atoms with Crippen LogP contribution in [0.4, 0.5) is 4.39 Å². The van der Waals surface area contributed by atoms with Gasteiger partial charge in [0.05, 0.1) is 6.10 Å². The van der Waals surface area contributed by atoms with E-state index in [9.17, 15) is 4.39 Å². The van der Waals surface area contributed by atoms with Crippen molar-refractivity contribution in [2.45, 2.75) is 38.3 Å². The number of aromatic nitrogens is 1. The Morgan fingerprint density at radius 1 is 1.33 bits per heavy atom. The van der Waals surface area contributed by atoms with E-state index in [2.05, 4.69) is 4.57 Å². The maximum Gasteiger partial charge on any atom is 0.123 e. The van der Waals surface area contributed by atoms with Crippen molar-refractivity contribution >= 4 is 10.9 Å². The average Bonchev–Trinajstić information content (AvgIpc) is 2.99. The molecule has 96 valence electrons. The number of hydrogen-bond acceptors (Lipinski definition) is 1. The number of rotatable bonds is 4. The fraction of sp³-hybridized carbons (Fsp3) is 0.467. The van der Waals surface area contributed by atoms with Gasteiger partial charge in [0.25, 0.3) is 0 Å². The van der Waals surface area contributed by atoms with E-state index in [1.54, 1.807) is 6.07 Å². The molecule has 1 atom stereocenters. The highest BCUT2D eigenvalue weighted by atomic mass is 19.1. The van der Waals surface area contributed by atoms with Crippen LogP contribution >= 0.6 is 0 Å². The Hall–Kier alpha value is -1.35. The Bertz CT molecular complexity index is 528. The summed E-state index contributed by atoms with van der Waals surface area (Å²) < 4.78 is 20.9. The molecule has 1 fully saturated rings. The van der Waals surface area contributed by atoms with Gasteiger partial charge in [0, 0.05) is 30.3 Å². The van der Waals surface area contributed by atoms with Gasteiger partial charge < -0.3 is 9.30 Å². The molecule has 1 saturated heterocycles. The second-order valence-electron chi connectivity index (χ2n) is 4.99. The van der Waals surface area contributed by atoms with Crippen molar-refractivity contribution in [2.24, 2.45) is 0 Å². The summed E-state index contributed by atoms with van der Waals surface area (Å²) in [4.78, 5) is 0. The van der Waals surface area contributed by atoms with E-state index in [0.717, 1.165) is 36.9 Å². The van der Waals surface area contributed by atoms with Gasteiger partial charge in [0.2, 0.25) is 0 Å². The predicted molar refractivity (Wildman–Crippen MR) is 70.1 cm³/mol. The van der Waals surface area contributed by atoms with E-state index in [0.29, 0.717) is 6.10 Å². The molecule has 2 heterocycles. The maximum absolute atomic E-state index is 13.1. The number of ether oxygens (including phenoxy) is 1. The molecule has 2 nitrogen and oxygen atoms in total. The van der Waals surface area contributed by atoms with Crippen LogP contribution in [0.2, 0.25) is 0 Å². The van der Waals surface area contributed by atoms with E-state index in [1.807, 2.05) is 18.3 Å². The van der Waals surface area contributed by atoms with Crippen LogP contribution in [0.5, 0.6) is 0 Å². The highest BCUT2D eigenvalue weighted by Crippen LogP contribution is 2.20. The second-order valence-corrected chi connectivity index (χ2v) is 4.99. The highest BCUT2D eigenvalue weighted by molar-refractivity contribution is 5.80. The van der Waals surface area contributed by atoms with Crippen LogP contribution in [0.1, 0.15) is 25.7 Å². The molecular formula is C15H18FNO. The molecule has 1 aromatic carbocycles. The fourth-order valence-electron chi connectivity index (χ4n) is 2.73. The SMILES string of the molecule is Fc1ccc2c(ccn2CCCC2CCCO2)c1. The lowest BCUT2D eigenvalue weighted by atomic mass is 10.1. The minimum absolute atomic E-state index is 0.167. The summed E-state index contributed by atoms with van der Waals surface area (Å²) in [5, 5.41) is 0.979. The molecule has 2 aromatic rings. The van der Waals surface area contributed by atoms with Crippen molar-refractivity contribution in [3.63, 3.8) is 0 Å². The summed E-state index contributed by atoms with van der Waals surface area (Å²) in [6.07, 6.45) is 7.16. The highest BCUT2D eigenvalue weighted by Gasteiger charge is 2.14. The van der Waals surface area contributed by atoms with Gasteiger partial charge in [-0.2, -0.15) is 0 Å². The summed E-state index contributed by atoms with van der Waals surface area (Å²) in [6, 6.07) is 6.95. The van der Waals surface area contributed by atoms with Gasteiger partial charge >= 0.3 is 0 Å². The molecule has 0 spiro atoms. The van der Waals surface area contributed by atoms with Gasteiger partial charge in [-0.1, -0.05) is 0 Å². The van der Waals surface area contributed by atoms with Crippen molar-refractivity contribution in [3.8, 4) is 0 Å². The number of fused-ring (bicyclic) bond motifs is 1. The maximum atomic E-state index is 13.1. The lowest BCUT2D eigenvalue weighted by Gasteiger charge is -2.10. The van der Waals surface area contributed by atoms with Crippen LogP contribution < -0.4 is 0 Å². The third kappa shape index (κ3) is 2.41. The first-order valence-corrected chi connectivity index (χ1v) is 6.69. The first kappa shape index (κ1) is 11.7. The number of hydrogen-bond donors (Lipinski definition) is 0. The summed E-state index contributed by atoms with van der Waals surface area (Å²) in [5.74, 6) is -0.167. The van der Waals surface area contributed by atoms with Crippen LogP contribution in [-0.4, -0.2) is 17.3 Å². The van der Waals surface area contributed by atoms with Crippen LogP contribution in [0, 0.1) is 5.82 Å². The van der Waals surface area contributed by atoms with Gasteiger partial charge in [-0.05, 0) is 49.9 Å². The first-order valence-electron chi connectivity index (χ1n) is 6.69. The molecule has 3 rings (SSSR count). The van der Waals surface area contributed by atoms with Gasteiger partial charge in [-0.15, -0.1) is 0 Å². The molecule has 0 bridgehead atoms. The third-order valence-electron chi connectivity index (χ3n) is 3.68. The molecule has 0 radical (unpaired) electrons. The Morgan fingerprint density at radius 3 is 3.11 bits per heavy atom. The Balaban J connectivity index is 1.63. The molecule has 0 saturated carbocycles. The van der Waals surface area contributed by atoms with Crippen molar-refractivity contribution in [3.05, 3.63) is 36.3 Å². The molecule has 3 heteroatoms. The van der Waals surface area contributed by atoms with Crippen molar-refractivity contribution in [2.75, 3.05) is 6.61 Å². The van der Waals surface area contributed by atoms with Crippen molar-refractivity contribution < 1.29 is 9.13 Å². The minimum Gasteiger partial charge on any atom is -0.378 e. The van der Waals surface area contributed by atoms with Crippen LogP contribution in [-0.2, 0) is 11.3 Å². The normalized spacial score (nSPS) is 19.7. The molecular weight excluding hydrogens is 229 g/mol. The monoisotopic (exact) mass is 247 g/mol.